The number of carbonyl (C=O) groups is 1. The fourth-order valence-electron chi connectivity index (χ4n) is 3.02. The second-order valence-electron chi connectivity index (χ2n) is 6.59. The molecule has 6 nitrogen and oxygen atoms in total. The van der Waals surface area contributed by atoms with Gasteiger partial charge in [0.25, 0.3) is 0 Å². The summed E-state index contributed by atoms with van der Waals surface area (Å²) in [4.78, 5) is 12.6. The fraction of sp³-hybridized carbons (Fsp3) is 0.409. The van der Waals surface area contributed by atoms with Crippen molar-refractivity contribution in [3.05, 3.63) is 59.7 Å². The van der Waals surface area contributed by atoms with Crippen LogP contribution in [-0.4, -0.2) is 50.5 Å². The van der Waals surface area contributed by atoms with Gasteiger partial charge in [-0.3, -0.25) is 4.79 Å². The van der Waals surface area contributed by atoms with Gasteiger partial charge >= 0.3 is 0 Å². The first-order valence-corrected chi connectivity index (χ1v) is 10.3. The van der Waals surface area contributed by atoms with E-state index in [0.717, 1.165) is 22.6 Å². The van der Waals surface area contributed by atoms with E-state index in [0.29, 0.717) is 19.8 Å². The van der Waals surface area contributed by atoms with Crippen LogP contribution in [0.15, 0.2) is 48.5 Å². The summed E-state index contributed by atoms with van der Waals surface area (Å²) in [6.07, 6.45) is -0.567. The molecule has 0 aliphatic carbocycles. The summed E-state index contributed by atoms with van der Waals surface area (Å²) in [7, 11) is 4.80. The van der Waals surface area contributed by atoms with Crippen molar-refractivity contribution in [3.8, 4) is 11.5 Å². The molecule has 1 aliphatic rings. The van der Waals surface area contributed by atoms with Crippen LogP contribution in [0.25, 0.3) is 0 Å². The van der Waals surface area contributed by atoms with E-state index in [1.54, 1.807) is 14.2 Å². The van der Waals surface area contributed by atoms with Gasteiger partial charge in [-0.25, -0.2) is 0 Å². The van der Waals surface area contributed by atoms with Gasteiger partial charge in [0.1, 0.15) is 17.6 Å². The number of hydrogen-bond acceptors (Lipinski definition) is 7. The number of carbonyl (C=O) groups excluding carboxylic acids is 1. The first-order valence-electron chi connectivity index (χ1n) is 9.31. The van der Waals surface area contributed by atoms with Crippen LogP contribution in [0.1, 0.15) is 11.1 Å². The minimum absolute atomic E-state index is 0.0518. The predicted molar refractivity (Wildman–Crippen MR) is 111 cm³/mol. The highest BCUT2D eigenvalue weighted by molar-refractivity contribution is 8.01. The van der Waals surface area contributed by atoms with Gasteiger partial charge in [0.05, 0.1) is 39.3 Å². The van der Waals surface area contributed by atoms with Crippen LogP contribution < -0.4 is 9.47 Å². The van der Waals surface area contributed by atoms with Crippen molar-refractivity contribution in [1.82, 2.24) is 0 Å². The molecule has 3 rings (SSSR count). The molecule has 2 aromatic rings. The monoisotopic (exact) mass is 418 g/mol. The summed E-state index contributed by atoms with van der Waals surface area (Å²) in [5.41, 5.74) is 1.49. The Hall–Kier alpha value is -2.06. The fourth-order valence-corrected chi connectivity index (χ4v) is 4.25. The molecule has 3 atom stereocenters. The largest absolute Gasteiger partial charge is 0.497 e. The molecule has 0 aromatic heterocycles. The normalized spacial score (nSPS) is 21.3. The third-order valence-corrected chi connectivity index (χ3v) is 6.07. The Labute approximate surface area is 175 Å². The van der Waals surface area contributed by atoms with Gasteiger partial charge in [-0.1, -0.05) is 24.3 Å². The summed E-state index contributed by atoms with van der Waals surface area (Å²) < 4.78 is 27.5. The topological polar surface area (TPSA) is 63.2 Å². The van der Waals surface area contributed by atoms with Crippen LogP contribution in [-0.2, 0) is 32.2 Å². The Balaban J connectivity index is 1.55. The Morgan fingerprint density at radius 2 is 1.38 bits per heavy atom. The molecule has 0 radical (unpaired) electrons. The summed E-state index contributed by atoms with van der Waals surface area (Å²) in [6.45, 7) is 1.19. The highest BCUT2D eigenvalue weighted by Gasteiger charge is 2.44. The molecule has 0 spiro atoms. The molecule has 0 N–H and O–H groups in total. The van der Waals surface area contributed by atoms with Crippen LogP contribution in [0.3, 0.4) is 0 Å². The quantitative estimate of drug-likeness (QED) is 0.585. The van der Waals surface area contributed by atoms with Gasteiger partial charge in [0.15, 0.2) is 5.44 Å². The molecule has 29 heavy (non-hydrogen) atoms. The average Bonchev–Trinajstić information content (AvgIpc) is 3.07. The molecule has 1 fully saturated rings. The summed E-state index contributed by atoms with van der Waals surface area (Å²) in [5, 5.41) is -0.121. The second kappa shape index (κ2) is 10.6. The van der Waals surface area contributed by atoms with Gasteiger partial charge in [0, 0.05) is 7.11 Å². The van der Waals surface area contributed by atoms with Crippen molar-refractivity contribution >= 4 is 17.5 Å². The number of rotatable bonds is 10. The first kappa shape index (κ1) is 21.6. The number of benzene rings is 2. The SMILES string of the molecule is COc1ccc(COC[C@H]2SC(OC)C(=O)[C@@H]2OCc2ccc(OC)cc2)cc1. The van der Waals surface area contributed by atoms with Gasteiger partial charge in [-0.15, -0.1) is 11.8 Å². The number of hydrogen-bond donors (Lipinski definition) is 0. The van der Waals surface area contributed by atoms with E-state index >= 15 is 0 Å². The van der Waals surface area contributed by atoms with E-state index in [1.807, 2.05) is 48.5 Å². The average molecular weight is 419 g/mol. The molecule has 7 heteroatoms. The number of Topliss-reactive ketones (excluding diaryl/α,β-unsaturated/α-hetero) is 1. The number of ketones is 1. The van der Waals surface area contributed by atoms with E-state index in [2.05, 4.69) is 0 Å². The molecule has 1 heterocycles. The van der Waals surface area contributed by atoms with Crippen molar-refractivity contribution in [2.24, 2.45) is 0 Å². The second-order valence-corrected chi connectivity index (χ2v) is 7.89. The van der Waals surface area contributed by atoms with Gasteiger partial charge in [-0.05, 0) is 35.4 Å². The van der Waals surface area contributed by atoms with Crippen LogP contribution in [0, 0.1) is 0 Å². The van der Waals surface area contributed by atoms with Crippen molar-refractivity contribution in [2.75, 3.05) is 27.9 Å². The smallest absolute Gasteiger partial charge is 0.201 e. The lowest BCUT2D eigenvalue weighted by molar-refractivity contribution is -0.135. The van der Waals surface area contributed by atoms with E-state index in [-0.39, 0.29) is 11.0 Å². The van der Waals surface area contributed by atoms with Gasteiger partial charge in [0.2, 0.25) is 5.78 Å². The number of thioether (sulfide) groups is 1. The van der Waals surface area contributed by atoms with Crippen molar-refractivity contribution < 1.29 is 28.5 Å². The van der Waals surface area contributed by atoms with Crippen LogP contribution >= 0.6 is 11.8 Å². The zero-order chi connectivity index (χ0) is 20.6. The Morgan fingerprint density at radius 3 is 1.90 bits per heavy atom. The molecule has 0 saturated carbocycles. The Bertz CT molecular complexity index is 777. The molecule has 2 aromatic carbocycles. The summed E-state index contributed by atoms with van der Waals surface area (Å²) >= 11 is 1.45. The van der Waals surface area contributed by atoms with Gasteiger partial charge < -0.3 is 23.7 Å². The van der Waals surface area contributed by atoms with Crippen LogP contribution in [0.4, 0.5) is 0 Å². The summed E-state index contributed by atoms with van der Waals surface area (Å²) in [6, 6.07) is 15.3. The minimum Gasteiger partial charge on any atom is -0.497 e. The maximum Gasteiger partial charge on any atom is 0.201 e. The predicted octanol–water partition coefficient (Wildman–Crippen LogP) is 3.46. The van der Waals surface area contributed by atoms with E-state index in [9.17, 15) is 4.79 Å². The van der Waals surface area contributed by atoms with E-state index in [1.165, 1.54) is 18.9 Å². The van der Waals surface area contributed by atoms with Gasteiger partial charge in [-0.2, -0.15) is 0 Å². The standard InChI is InChI=1S/C22H26O6S/c1-24-17-8-4-15(5-9-17)12-27-14-19-21(20(23)22(26-3)29-19)28-13-16-6-10-18(25-2)11-7-16/h4-11,19,21-22H,12-14H2,1-3H3/t19-,21-,22?/m1/s1. The third-order valence-electron chi connectivity index (χ3n) is 4.66. The lowest BCUT2D eigenvalue weighted by atomic mass is 10.1. The van der Waals surface area contributed by atoms with Crippen molar-refractivity contribution in [2.45, 2.75) is 30.0 Å². The molecule has 1 unspecified atom stereocenters. The molecule has 1 saturated heterocycles. The van der Waals surface area contributed by atoms with E-state index in [4.69, 9.17) is 23.7 Å². The zero-order valence-electron chi connectivity index (χ0n) is 16.8. The van der Waals surface area contributed by atoms with E-state index < -0.39 is 11.5 Å². The molecule has 1 aliphatic heterocycles. The van der Waals surface area contributed by atoms with Crippen molar-refractivity contribution in [1.29, 1.82) is 0 Å². The molecule has 0 bridgehead atoms. The minimum atomic E-state index is -0.567. The third kappa shape index (κ3) is 5.73. The van der Waals surface area contributed by atoms with Crippen LogP contribution in [0.5, 0.6) is 11.5 Å². The number of ether oxygens (including phenoxy) is 5. The highest BCUT2D eigenvalue weighted by atomic mass is 32.2. The lowest BCUT2D eigenvalue weighted by Gasteiger charge is -2.18. The molecule has 156 valence electrons. The maximum absolute atomic E-state index is 12.6. The first-order chi connectivity index (χ1) is 14.1. The van der Waals surface area contributed by atoms with Crippen LogP contribution in [0.2, 0.25) is 0 Å². The maximum atomic E-state index is 12.6. The zero-order valence-corrected chi connectivity index (χ0v) is 17.6. The number of methoxy groups -OCH3 is 3. The van der Waals surface area contributed by atoms with Crippen molar-refractivity contribution in [3.63, 3.8) is 0 Å². The Kier molecular flexibility index (Phi) is 7.94. The lowest BCUT2D eigenvalue weighted by Crippen LogP contribution is -2.33. The molecule has 0 amide bonds. The summed E-state index contributed by atoms with van der Waals surface area (Å²) in [5.74, 6) is 1.54. The highest BCUT2D eigenvalue weighted by Crippen LogP contribution is 2.34. The Morgan fingerprint density at radius 1 is 0.828 bits per heavy atom. The molecular formula is C22H26O6S. The molecular weight excluding hydrogens is 392 g/mol.